The van der Waals surface area contributed by atoms with Crippen LogP contribution in [-0.4, -0.2) is 9.78 Å². The molecule has 0 spiro atoms. The Bertz CT molecular complexity index is 502. The molecule has 2 rings (SSSR count). The van der Waals surface area contributed by atoms with E-state index in [1.807, 2.05) is 18.7 Å². The van der Waals surface area contributed by atoms with Crippen LogP contribution in [0.3, 0.4) is 0 Å². The Kier molecular flexibility index (Phi) is 4.44. The van der Waals surface area contributed by atoms with Crippen LogP contribution in [0.4, 0.5) is 0 Å². The number of aryl methyl sites for hydroxylation is 2. The normalized spacial score (nSPS) is 10.8. The number of benzene rings is 1. The fraction of sp³-hybridized carbons (Fsp3) is 0.357. The van der Waals surface area contributed by atoms with Crippen molar-refractivity contribution in [3.05, 3.63) is 47.3 Å². The molecule has 0 fully saturated rings. The predicted molar refractivity (Wildman–Crippen MR) is 76.5 cm³/mol. The van der Waals surface area contributed by atoms with Gasteiger partial charge < -0.3 is 5.73 Å². The van der Waals surface area contributed by atoms with Gasteiger partial charge in [0.25, 0.3) is 0 Å². The van der Waals surface area contributed by atoms with Gasteiger partial charge in [0.2, 0.25) is 0 Å². The van der Waals surface area contributed by atoms with Crippen LogP contribution < -0.4 is 5.73 Å². The zero-order valence-electron chi connectivity index (χ0n) is 10.9. The molecule has 0 saturated heterocycles. The van der Waals surface area contributed by atoms with Crippen LogP contribution in [0, 0.1) is 6.92 Å². The van der Waals surface area contributed by atoms with Gasteiger partial charge in [0.1, 0.15) is 0 Å². The van der Waals surface area contributed by atoms with Gasteiger partial charge in [0.15, 0.2) is 0 Å². The third kappa shape index (κ3) is 3.15. The van der Waals surface area contributed by atoms with E-state index < -0.39 is 0 Å². The van der Waals surface area contributed by atoms with Crippen molar-refractivity contribution in [3.8, 4) is 0 Å². The van der Waals surface area contributed by atoms with E-state index in [4.69, 9.17) is 5.73 Å². The molecule has 0 radical (unpaired) electrons. The standard InChI is InChI=1S/C14H19N3S/c1-3-17-13(8-11(2)16-17)10-18-14-6-4-12(9-15)5-7-14/h4-8H,3,9-10,15H2,1-2H3. The molecular weight excluding hydrogens is 242 g/mol. The lowest BCUT2D eigenvalue weighted by molar-refractivity contribution is 0.632. The number of nitrogens with two attached hydrogens (primary N) is 1. The summed E-state index contributed by atoms with van der Waals surface area (Å²) >= 11 is 1.83. The second-order valence-corrected chi connectivity index (χ2v) is 5.28. The Morgan fingerprint density at radius 3 is 2.61 bits per heavy atom. The topological polar surface area (TPSA) is 43.8 Å². The van der Waals surface area contributed by atoms with Crippen molar-refractivity contribution in [2.75, 3.05) is 0 Å². The second kappa shape index (κ2) is 6.07. The summed E-state index contributed by atoms with van der Waals surface area (Å²) in [5.74, 6) is 0.955. The van der Waals surface area contributed by atoms with Crippen molar-refractivity contribution in [2.45, 2.75) is 37.6 Å². The van der Waals surface area contributed by atoms with E-state index in [0.717, 1.165) is 18.0 Å². The molecule has 0 atom stereocenters. The summed E-state index contributed by atoms with van der Waals surface area (Å²) in [5.41, 5.74) is 9.13. The smallest absolute Gasteiger partial charge is 0.0596 e. The summed E-state index contributed by atoms with van der Waals surface area (Å²) in [6, 6.07) is 10.6. The maximum Gasteiger partial charge on any atom is 0.0596 e. The molecule has 0 saturated carbocycles. The van der Waals surface area contributed by atoms with Crippen LogP contribution in [-0.2, 0) is 18.8 Å². The van der Waals surface area contributed by atoms with Gasteiger partial charge in [0, 0.05) is 29.4 Å². The highest BCUT2D eigenvalue weighted by molar-refractivity contribution is 7.98. The monoisotopic (exact) mass is 261 g/mol. The lowest BCUT2D eigenvalue weighted by Crippen LogP contribution is -2.01. The molecule has 0 aliphatic carbocycles. The first kappa shape index (κ1) is 13.2. The second-order valence-electron chi connectivity index (χ2n) is 4.23. The average molecular weight is 261 g/mol. The summed E-state index contributed by atoms with van der Waals surface area (Å²) in [6.07, 6.45) is 0. The van der Waals surface area contributed by atoms with Gasteiger partial charge in [0.05, 0.1) is 5.69 Å². The lowest BCUT2D eigenvalue weighted by Gasteiger charge is -2.05. The third-order valence-electron chi connectivity index (χ3n) is 2.83. The number of hydrogen-bond acceptors (Lipinski definition) is 3. The van der Waals surface area contributed by atoms with E-state index in [0.29, 0.717) is 6.54 Å². The van der Waals surface area contributed by atoms with Gasteiger partial charge in [-0.1, -0.05) is 12.1 Å². The van der Waals surface area contributed by atoms with E-state index >= 15 is 0 Å². The maximum atomic E-state index is 5.59. The van der Waals surface area contributed by atoms with E-state index in [-0.39, 0.29) is 0 Å². The molecule has 1 aromatic carbocycles. The first-order valence-corrected chi connectivity index (χ1v) is 7.16. The number of aromatic nitrogens is 2. The van der Waals surface area contributed by atoms with Gasteiger partial charge in [-0.15, -0.1) is 11.8 Å². The van der Waals surface area contributed by atoms with E-state index in [1.54, 1.807) is 0 Å². The summed E-state index contributed by atoms with van der Waals surface area (Å²) in [4.78, 5) is 1.27. The van der Waals surface area contributed by atoms with E-state index in [2.05, 4.69) is 47.0 Å². The molecule has 4 heteroatoms. The fourth-order valence-corrected chi connectivity index (χ4v) is 2.74. The van der Waals surface area contributed by atoms with Crippen molar-refractivity contribution in [2.24, 2.45) is 5.73 Å². The Morgan fingerprint density at radius 2 is 2.00 bits per heavy atom. The summed E-state index contributed by atoms with van der Waals surface area (Å²) in [7, 11) is 0. The number of thioether (sulfide) groups is 1. The minimum atomic E-state index is 0.604. The summed E-state index contributed by atoms with van der Waals surface area (Å²) < 4.78 is 2.07. The average Bonchev–Trinajstić information content (AvgIpc) is 2.77. The SMILES string of the molecule is CCn1nc(C)cc1CSc1ccc(CN)cc1. The van der Waals surface area contributed by atoms with Gasteiger partial charge >= 0.3 is 0 Å². The zero-order chi connectivity index (χ0) is 13.0. The highest BCUT2D eigenvalue weighted by atomic mass is 32.2. The lowest BCUT2D eigenvalue weighted by atomic mass is 10.2. The summed E-state index contributed by atoms with van der Waals surface area (Å²) in [6.45, 7) is 5.69. The Balaban J connectivity index is 2.01. The highest BCUT2D eigenvalue weighted by Gasteiger charge is 2.04. The zero-order valence-corrected chi connectivity index (χ0v) is 11.7. The van der Waals surface area contributed by atoms with Crippen LogP contribution in [0.5, 0.6) is 0 Å². The molecule has 0 amide bonds. The van der Waals surface area contributed by atoms with Crippen molar-refractivity contribution in [1.29, 1.82) is 0 Å². The molecule has 0 aliphatic rings. The molecule has 96 valence electrons. The molecular formula is C14H19N3S. The number of nitrogens with zero attached hydrogens (tertiary/aromatic N) is 2. The van der Waals surface area contributed by atoms with Gasteiger partial charge in [-0.05, 0) is 37.6 Å². The summed E-state index contributed by atoms with van der Waals surface area (Å²) in [5, 5.41) is 4.46. The molecule has 2 N–H and O–H groups in total. The van der Waals surface area contributed by atoms with Crippen molar-refractivity contribution < 1.29 is 0 Å². The Labute approximate surface area is 112 Å². The highest BCUT2D eigenvalue weighted by Crippen LogP contribution is 2.23. The first-order chi connectivity index (χ1) is 8.72. The van der Waals surface area contributed by atoms with Crippen LogP contribution in [0.15, 0.2) is 35.2 Å². The van der Waals surface area contributed by atoms with Crippen molar-refractivity contribution in [3.63, 3.8) is 0 Å². The Morgan fingerprint density at radius 1 is 1.28 bits per heavy atom. The third-order valence-corrected chi connectivity index (χ3v) is 3.88. The van der Waals surface area contributed by atoms with Crippen LogP contribution in [0.25, 0.3) is 0 Å². The molecule has 2 aromatic rings. The fourth-order valence-electron chi connectivity index (χ4n) is 1.87. The van der Waals surface area contributed by atoms with Crippen LogP contribution in [0.2, 0.25) is 0 Å². The molecule has 1 heterocycles. The van der Waals surface area contributed by atoms with Crippen LogP contribution >= 0.6 is 11.8 Å². The van der Waals surface area contributed by atoms with Gasteiger partial charge in [-0.25, -0.2) is 0 Å². The molecule has 0 bridgehead atoms. The molecule has 0 aliphatic heterocycles. The van der Waals surface area contributed by atoms with E-state index in [1.165, 1.54) is 16.2 Å². The van der Waals surface area contributed by atoms with Crippen molar-refractivity contribution in [1.82, 2.24) is 9.78 Å². The van der Waals surface area contributed by atoms with Gasteiger partial charge in [-0.3, -0.25) is 4.68 Å². The van der Waals surface area contributed by atoms with Crippen LogP contribution in [0.1, 0.15) is 23.9 Å². The molecule has 3 nitrogen and oxygen atoms in total. The van der Waals surface area contributed by atoms with Gasteiger partial charge in [-0.2, -0.15) is 5.10 Å². The van der Waals surface area contributed by atoms with Crippen molar-refractivity contribution >= 4 is 11.8 Å². The van der Waals surface area contributed by atoms with E-state index in [9.17, 15) is 0 Å². The first-order valence-electron chi connectivity index (χ1n) is 6.18. The Hall–Kier alpha value is -1.26. The maximum absolute atomic E-state index is 5.59. The minimum absolute atomic E-state index is 0.604. The number of rotatable bonds is 5. The molecule has 18 heavy (non-hydrogen) atoms. The largest absolute Gasteiger partial charge is 0.326 e. The minimum Gasteiger partial charge on any atom is -0.326 e. The quantitative estimate of drug-likeness (QED) is 0.842. The number of hydrogen-bond donors (Lipinski definition) is 1. The predicted octanol–water partition coefficient (Wildman–Crippen LogP) is 2.96. The molecule has 1 aromatic heterocycles. The molecule has 0 unspecified atom stereocenters.